The Balaban J connectivity index is 1.72. The molecule has 2 fully saturated rings. The van der Waals surface area contributed by atoms with Gasteiger partial charge in [-0.3, -0.25) is 9.59 Å². The SMILES string of the molecule is O=C1CCC(C(=O)N2CCCCCC2/C=C/c2cccs2)N1. The minimum atomic E-state index is -0.316. The summed E-state index contributed by atoms with van der Waals surface area (Å²) in [5, 5.41) is 4.87. The predicted molar refractivity (Wildman–Crippen MR) is 88.5 cm³/mol. The Labute approximate surface area is 135 Å². The van der Waals surface area contributed by atoms with Crippen molar-refractivity contribution in [2.45, 2.75) is 50.6 Å². The molecule has 1 aromatic heterocycles. The third kappa shape index (κ3) is 3.58. The van der Waals surface area contributed by atoms with Crippen LogP contribution in [0.1, 0.15) is 43.4 Å². The second-order valence-corrected chi connectivity index (χ2v) is 6.96. The number of nitrogens with zero attached hydrogens (tertiary/aromatic N) is 1. The summed E-state index contributed by atoms with van der Waals surface area (Å²) < 4.78 is 0. The van der Waals surface area contributed by atoms with Crippen molar-refractivity contribution < 1.29 is 9.59 Å². The topological polar surface area (TPSA) is 49.4 Å². The third-order valence-corrected chi connectivity index (χ3v) is 5.24. The molecule has 4 nitrogen and oxygen atoms in total. The van der Waals surface area contributed by atoms with Gasteiger partial charge in [-0.05, 0) is 36.8 Å². The van der Waals surface area contributed by atoms with Crippen molar-refractivity contribution >= 4 is 29.2 Å². The van der Waals surface area contributed by atoms with E-state index in [4.69, 9.17) is 0 Å². The molecule has 2 saturated heterocycles. The summed E-state index contributed by atoms with van der Waals surface area (Å²) >= 11 is 1.70. The molecule has 22 heavy (non-hydrogen) atoms. The van der Waals surface area contributed by atoms with E-state index in [1.165, 1.54) is 11.3 Å². The molecule has 3 heterocycles. The van der Waals surface area contributed by atoms with Crippen LogP contribution < -0.4 is 5.32 Å². The Hall–Kier alpha value is -1.62. The molecule has 0 aromatic carbocycles. The lowest BCUT2D eigenvalue weighted by atomic mass is 10.1. The summed E-state index contributed by atoms with van der Waals surface area (Å²) in [5.74, 6) is 0.0902. The molecule has 1 N–H and O–H groups in total. The van der Waals surface area contributed by atoms with Gasteiger partial charge in [-0.1, -0.05) is 25.0 Å². The Morgan fingerprint density at radius 1 is 1.32 bits per heavy atom. The van der Waals surface area contributed by atoms with Gasteiger partial charge in [-0.2, -0.15) is 0 Å². The van der Waals surface area contributed by atoms with Gasteiger partial charge in [0.15, 0.2) is 0 Å². The number of carbonyl (C=O) groups excluding carboxylic acids is 2. The Kier molecular flexibility index (Phi) is 4.93. The van der Waals surface area contributed by atoms with Crippen LogP contribution in [0.5, 0.6) is 0 Å². The highest BCUT2D eigenvalue weighted by Crippen LogP contribution is 2.22. The number of amides is 2. The van der Waals surface area contributed by atoms with Crippen LogP contribution in [0.3, 0.4) is 0 Å². The Morgan fingerprint density at radius 3 is 2.95 bits per heavy atom. The molecule has 0 bridgehead atoms. The van der Waals surface area contributed by atoms with Crippen molar-refractivity contribution in [3.63, 3.8) is 0 Å². The molecule has 2 atom stereocenters. The first-order chi connectivity index (χ1) is 10.7. The average molecular weight is 318 g/mol. The maximum atomic E-state index is 12.8. The minimum Gasteiger partial charge on any atom is -0.344 e. The van der Waals surface area contributed by atoms with E-state index in [2.05, 4.69) is 28.9 Å². The maximum Gasteiger partial charge on any atom is 0.245 e. The van der Waals surface area contributed by atoms with Crippen LogP contribution in [0, 0.1) is 0 Å². The first-order valence-electron chi connectivity index (χ1n) is 8.05. The molecule has 2 aliphatic heterocycles. The van der Waals surface area contributed by atoms with Gasteiger partial charge in [-0.15, -0.1) is 11.3 Å². The van der Waals surface area contributed by atoms with Crippen LogP contribution in [0.25, 0.3) is 6.08 Å². The fourth-order valence-corrected chi connectivity index (χ4v) is 3.83. The van der Waals surface area contributed by atoms with E-state index in [0.717, 1.165) is 25.8 Å². The van der Waals surface area contributed by atoms with Gasteiger partial charge in [0, 0.05) is 17.8 Å². The molecule has 2 unspecified atom stereocenters. The number of hydrogen-bond donors (Lipinski definition) is 1. The van der Waals surface area contributed by atoms with Crippen molar-refractivity contribution in [3.05, 3.63) is 28.5 Å². The summed E-state index contributed by atoms with van der Waals surface area (Å²) in [6.45, 7) is 0.796. The van der Waals surface area contributed by atoms with Crippen LogP contribution in [-0.4, -0.2) is 35.3 Å². The first kappa shape index (κ1) is 15.3. The van der Waals surface area contributed by atoms with Gasteiger partial charge in [0.25, 0.3) is 0 Å². The Morgan fingerprint density at radius 2 is 2.23 bits per heavy atom. The molecular weight excluding hydrogens is 296 g/mol. The van der Waals surface area contributed by atoms with Crippen molar-refractivity contribution in [3.8, 4) is 0 Å². The highest BCUT2D eigenvalue weighted by molar-refractivity contribution is 7.10. The summed E-state index contributed by atoms with van der Waals surface area (Å²) in [5.41, 5.74) is 0. The zero-order chi connectivity index (χ0) is 15.4. The fourth-order valence-electron chi connectivity index (χ4n) is 3.20. The van der Waals surface area contributed by atoms with E-state index in [-0.39, 0.29) is 23.9 Å². The van der Waals surface area contributed by atoms with Gasteiger partial charge in [-0.25, -0.2) is 0 Å². The number of thiophene rings is 1. The first-order valence-corrected chi connectivity index (χ1v) is 8.93. The Bertz CT molecular complexity index is 553. The second-order valence-electron chi connectivity index (χ2n) is 5.98. The number of nitrogens with one attached hydrogen (secondary N) is 1. The van der Waals surface area contributed by atoms with Gasteiger partial charge in [0.05, 0.1) is 6.04 Å². The van der Waals surface area contributed by atoms with Crippen LogP contribution >= 0.6 is 11.3 Å². The van der Waals surface area contributed by atoms with Gasteiger partial charge >= 0.3 is 0 Å². The summed E-state index contributed by atoms with van der Waals surface area (Å²) in [4.78, 5) is 27.3. The van der Waals surface area contributed by atoms with Crippen LogP contribution in [0.2, 0.25) is 0 Å². The quantitative estimate of drug-likeness (QED) is 0.931. The van der Waals surface area contributed by atoms with E-state index in [1.54, 1.807) is 11.3 Å². The standard InChI is InChI=1S/C17H22N2O2S/c20-16-10-9-15(18-16)17(21)19-11-3-1-2-5-13(19)7-8-14-6-4-12-22-14/h4,6-8,12-13,15H,1-3,5,9-11H2,(H,18,20)/b8-7+. The van der Waals surface area contributed by atoms with Crippen molar-refractivity contribution in [2.75, 3.05) is 6.54 Å². The molecule has 118 valence electrons. The lowest BCUT2D eigenvalue weighted by molar-refractivity contribution is -0.135. The van der Waals surface area contributed by atoms with Crippen molar-refractivity contribution in [2.24, 2.45) is 0 Å². The fraction of sp³-hybridized carbons (Fsp3) is 0.529. The normalized spacial score (nSPS) is 26.2. The molecule has 3 rings (SSSR count). The zero-order valence-corrected chi connectivity index (χ0v) is 13.5. The van der Waals surface area contributed by atoms with Crippen LogP contribution in [0.4, 0.5) is 0 Å². The lowest BCUT2D eigenvalue weighted by Gasteiger charge is -2.30. The number of likely N-dealkylation sites (tertiary alicyclic amines) is 1. The molecule has 0 radical (unpaired) electrons. The zero-order valence-electron chi connectivity index (χ0n) is 12.7. The highest BCUT2D eigenvalue weighted by atomic mass is 32.1. The lowest BCUT2D eigenvalue weighted by Crippen LogP contribution is -2.48. The van der Waals surface area contributed by atoms with Crippen LogP contribution in [0.15, 0.2) is 23.6 Å². The molecule has 2 aliphatic rings. The van der Waals surface area contributed by atoms with Crippen LogP contribution in [-0.2, 0) is 9.59 Å². The molecular formula is C17H22N2O2S. The number of carbonyl (C=O) groups is 2. The van der Waals surface area contributed by atoms with E-state index in [9.17, 15) is 9.59 Å². The van der Waals surface area contributed by atoms with Gasteiger partial charge in [0.2, 0.25) is 11.8 Å². The molecule has 5 heteroatoms. The van der Waals surface area contributed by atoms with Gasteiger partial charge < -0.3 is 10.2 Å². The molecule has 0 saturated carbocycles. The summed E-state index contributed by atoms with van der Waals surface area (Å²) in [7, 11) is 0. The summed E-state index contributed by atoms with van der Waals surface area (Å²) in [6, 6.07) is 3.95. The minimum absolute atomic E-state index is 0.00107. The largest absolute Gasteiger partial charge is 0.344 e. The predicted octanol–water partition coefficient (Wildman–Crippen LogP) is 2.81. The monoisotopic (exact) mass is 318 g/mol. The molecule has 0 spiro atoms. The van der Waals surface area contributed by atoms with Crippen molar-refractivity contribution in [1.29, 1.82) is 0 Å². The van der Waals surface area contributed by atoms with Crippen molar-refractivity contribution in [1.82, 2.24) is 10.2 Å². The number of hydrogen-bond acceptors (Lipinski definition) is 3. The molecule has 2 amide bonds. The average Bonchev–Trinajstić information content (AvgIpc) is 3.12. The van der Waals surface area contributed by atoms with E-state index in [0.29, 0.717) is 12.8 Å². The van der Waals surface area contributed by atoms with Gasteiger partial charge in [0.1, 0.15) is 6.04 Å². The molecule has 1 aromatic rings. The molecule has 0 aliphatic carbocycles. The highest BCUT2D eigenvalue weighted by Gasteiger charge is 2.33. The third-order valence-electron chi connectivity index (χ3n) is 4.40. The maximum absolute atomic E-state index is 12.8. The van der Waals surface area contributed by atoms with E-state index in [1.807, 2.05) is 11.0 Å². The smallest absolute Gasteiger partial charge is 0.245 e. The van der Waals surface area contributed by atoms with E-state index >= 15 is 0 Å². The second kappa shape index (κ2) is 7.09. The number of rotatable bonds is 3. The summed E-state index contributed by atoms with van der Waals surface area (Å²) in [6.07, 6.45) is 9.77. The van der Waals surface area contributed by atoms with E-state index < -0.39 is 0 Å².